The maximum absolute atomic E-state index is 14.8. The van der Waals surface area contributed by atoms with Gasteiger partial charge in [0.2, 0.25) is 5.91 Å². The molecule has 8 nitrogen and oxygen atoms in total. The SMILES string of the molecule is O=C(C[C@@H](c1ccc(F)cc1)c1ccccc1F)Nc1cncc(F)c1CC[C@@H]1CN[C@H](COC(=O)NCC(F)(F)F)CO1. The normalized spacial score (nSPS) is 17.5. The molecule has 0 bridgehead atoms. The van der Waals surface area contributed by atoms with E-state index in [9.17, 15) is 35.9 Å². The Morgan fingerprint density at radius 3 is 2.48 bits per heavy atom. The standard InChI is InChI=1S/C30H30F6N4O4/c31-19-7-5-18(6-8-19)24(22-3-1-2-4-25(22)32)11-28(41)40-27-14-37-13-26(33)23(27)10-9-21-12-38-20(15-43-21)16-44-29(42)39-17-30(34,35)36/h1-8,13-14,20-21,24,38H,9-12,15-17H2,(H,39,42)(H,40,41)/t20-,21+,24-/m0/s1. The molecule has 2 aromatic carbocycles. The number of morpholine rings is 1. The number of anilines is 1. The molecule has 4 rings (SSSR count). The van der Waals surface area contributed by atoms with Crippen molar-refractivity contribution in [3.63, 3.8) is 0 Å². The van der Waals surface area contributed by atoms with E-state index in [1.54, 1.807) is 17.4 Å². The molecule has 1 aliphatic heterocycles. The summed E-state index contributed by atoms with van der Waals surface area (Å²) in [6.07, 6.45) is -3.51. The van der Waals surface area contributed by atoms with Gasteiger partial charge in [0.05, 0.1) is 36.8 Å². The van der Waals surface area contributed by atoms with Crippen molar-refractivity contribution in [2.24, 2.45) is 0 Å². The Balaban J connectivity index is 1.32. The monoisotopic (exact) mass is 624 g/mol. The zero-order valence-corrected chi connectivity index (χ0v) is 23.3. The fourth-order valence-electron chi connectivity index (χ4n) is 4.74. The molecular weight excluding hydrogens is 594 g/mol. The molecule has 0 aliphatic carbocycles. The van der Waals surface area contributed by atoms with Crippen LogP contribution in [0.5, 0.6) is 0 Å². The second-order valence-corrected chi connectivity index (χ2v) is 10.2. The van der Waals surface area contributed by atoms with Crippen LogP contribution in [0.2, 0.25) is 0 Å². The van der Waals surface area contributed by atoms with Crippen LogP contribution < -0.4 is 16.0 Å². The molecule has 3 N–H and O–H groups in total. The van der Waals surface area contributed by atoms with E-state index in [4.69, 9.17) is 9.47 Å². The van der Waals surface area contributed by atoms with Crippen molar-refractivity contribution in [1.82, 2.24) is 15.6 Å². The topological polar surface area (TPSA) is 102 Å². The molecule has 0 saturated carbocycles. The van der Waals surface area contributed by atoms with Crippen LogP contribution >= 0.6 is 0 Å². The Labute approximate surface area is 249 Å². The molecule has 2 amide bonds. The van der Waals surface area contributed by atoms with Crippen LogP contribution in [0.3, 0.4) is 0 Å². The largest absolute Gasteiger partial charge is 0.448 e. The minimum atomic E-state index is -4.55. The van der Waals surface area contributed by atoms with Crippen molar-refractivity contribution >= 4 is 17.7 Å². The highest BCUT2D eigenvalue weighted by atomic mass is 19.4. The Morgan fingerprint density at radius 1 is 1.05 bits per heavy atom. The van der Waals surface area contributed by atoms with Crippen molar-refractivity contribution < 1.29 is 45.4 Å². The van der Waals surface area contributed by atoms with Gasteiger partial charge in [0.15, 0.2) is 0 Å². The summed E-state index contributed by atoms with van der Waals surface area (Å²) in [6.45, 7) is -1.32. The molecule has 3 atom stereocenters. The molecule has 44 heavy (non-hydrogen) atoms. The molecule has 0 unspecified atom stereocenters. The van der Waals surface area contributed by atoms with Gasteiger partial charge in [-0.1, -0.05) is 30.3 Å². The maximum Gasteiger partial charge on any atom is 0.407 e. The second-order valence-electron chi connectivity index (χ2n) is 10.2. The van der Waals surface area contributed by atoms with Crippen molar-refractivity contribution in [2.45, 2.75) is 43.5 Å². The lowest BCUT2D eigenvalue weighted by Crippen LogP contribution is -2.49. The quantitative estimate of drug-likeness (QED) is 0.253. The number of nitrogens with one attached hydrogen (secondary N) is 3. The third-order valence-corrected chi connectivity index (χ3v) is 6.95. The van der Waals surface area contributed by atoms with Crippen LogP contribution in [0.15, 0.2) is 60.9 Å². The van der Waals surface area contributed by atoms with Gasteiger partial charge < -0.3 is 25.4 Å². The van der Waals surface area contributed by atoms with E-state index in [1.807, 2.05) is 0 Å². The second kappa shape index (κ2) is 15.0. The number of pyridine rings is 1. The van der Waals surface area contributed by atoms with Crippen molar-refractivity contribution in [3.8, 4) is 0 Å². The fraction of sp³-hybridized carbons (Fsp3) is 0.367. The minimum Gasteiger partial charge on any atom is -0.448 e. The van der Waals surface area contributed by atoms with Gasteiger partial charge in [0.25, 0.3) is 0 Å². The lowest BCUT2D eigenvalue weighted by Gasteiger charge is -2.30. The average molecular weight is 625 g/mol. The highest BCUT2D eigenvalue weighted by Gasteiger charge is 2.29. The molecule has 1 saturated heterocycles. The fourth-order valence-corrected chi connectivity index (χ4v) is 4.74. The molecule has 1 aliphatic rings. The molecule has 1 fully saturated rings. The number of carbonyl (C=O) groups is 2. The number of amides is 2. The van der Waals surface area contributed by atoms with Crippen LogP contribution in [0.1, 0.15) is 35.4 Å². The predicted molar refractivity (Wildman–Crippen MR) is 147 cm³/mol. The van der Waals surface area contributed by atoms with Gasteiger partial charge in [-0.3, -0.25) is 9.78 Å². The summed E-state index contributed by atoms with van der Waals surface area (Å²) in [7, 11) is 0. The summed E-state index contributed by atoms with van der Waals surface area (Å²) >= 11 is 0. The lowest BCUT2D eigenvalue weighted by molar-refractivity contribution is -0.124. The van der Waals surface area contributed by atoms with E-state index in [1.165, 1.54) is 42.6 Å². The third kappa shape index (κ3) is 9.67. The van der Waals surface area contributed by atoms with E-state index < -0.39 is 54.1 Å². The highest BCUT2D eigenvalue weighted by molar-refractivity contribution is 5.92. The summed E-state index contributed by atoms with van der Waals surface area (Å²) < 4.78 is 90.2. The maximum atomic E-state index is 14.8. The number of hydrogen-bond donors (Lipinski definition) is 3. The smallest absolute Gasteiger partial charge is 0.407 e. The van der Waals surface area contributed by atoms with Crippen LogP contribution in [-0.4, -0.2) is 61.6 Å². The molecule has 236 valence electrons. The minimum absolute atomic E-state index is 0.0977. The molecule has 2 heterocycles. The van der Waals surface area contributed by atoms with E-state index >= 15 is 0 Å². The van der Waals surface area contributed by atoms with Crippen molar-refractivity contribution in [3.05, 3.63) is 95.1 Å². The Kier molecular flexibility index (Phi) is 11.2. The predicted octanol–water partition coefficient (Wildman–Crippen LogP) is 5.24. The summed E-state index contributed by atoms with van der Waals surface area (Å²) in [5.74, 6) is -2.92. The Morgan fingerprint density at radius 2 is 1.80 bits per heavy atom. The van der Waals surface area contributed by atoms with Gasteiger partial charge in [0, 0.05) is 24.4 Å². The van der Waals surface area contributed by atoms with Gasteiger partial charge in [-0.25, -0.2) is 18.0 Å². The first-order valence-electron chi connectivity index (χ1n) is 13.7. The molecule has 0 radical (unpaired) electrons. The average Bonchev–Trinajstić information content (AvgIpc) is 2.98. The zero-order chi connectivity index (χ0) is 31.7. The Hall–Kier alpha value is -4.17. The molecule has 0 spiro atoms. The van der Waals surface area contributed by atoms with Crippen LogP contribution in [0, 0.1) is 17.5 Å². The molecule has 3 aromatic rings. The molecular formula is C30H30F6N4O4. The lowest BCUT2D eigenvalue weighted by atomic mass is 9.88. The zero-order valence-electron chi connectivity index (χ0n) is 23.3. The number of ether oxygens (including phenoxy) is 2. The number of carbonyl (C=O) groups excluding carboxylic acids is 2. The van der Waals surface area contributed by atoms with Crippen LogP contribution in [-0.2, 0) is 20.7 Å². The van der Waals surface area contributed by atoms with Gasteiger partial charge >= 0.3 is 12.3 Å². The number of halogens is 6. The summed E-state index contributed by atoms with van der Waals surface area (Å²) in [6, 6.07) is 10.9. The summed E-state index contributed by atoms with van der Waals surface area (Å²) in [5.41, 5.74) is 1.10. The number of alkyl carbamates (subject to hydrolysis) is 1. The first kappa shape index (κ1) is 32.7. The van der Waals surface area contributed by atoms with Gasteiger partial charge in [-0.2, -0.15) is 13.2 Å². The van der Waals surface area contributed by atoms with E-state index in [-0.39, 0.29) is 49.0 Å². The van der Waals surface area contributed by atoms with Gasteiger partial charge in [-0.05, 0) is 42.2 Å². The number of alkyl halides is 3. The van der Waals surface area contributed by atoms with Crippen LogP contribution in [0.4, 0.5) is 36.8 Å². The number of hydrogen-bond acceptors (Lipinski definition) is 6. The van der Waals surface area contributed by atoms with Crippen molar-refractivity contribution in [1.29, 1.82) is 0 Å². The summed E-state index contributed by atoms with van der Waals surface area (Å²) in [5, 5.41) is 7.36. The van der Waals surface area contributed by atoms with Gasteiger partial charge in [-0.15, -0.1) is 0 Å². The number of nitrogens with zero attached hydrogens (tertiary/aromatic N) is 1. The van der Waals surface area contributed by atoms with Gasteiger partial charge in [0.1, 0.15) is 30.6 Å². The first-order valence-corrected chi connectivity index (χ1v) is 13.7. The van der Waals surface area contributed by atoms with E-state index in [2.05, 4.69) is 15.6 Å². The van der Waals surface area contributed by atoms with Crippen LogP contribution in [0.25, 0.3) is 0 Å². The molecule has 14 heteroatoms. The summed E-state index contributed by atoms with van der Waals surface area (Å²) in [4.78, 5) is 28.4. The number of aromatic nitrogens is 1. The van der Waals surface area contributed by atoms with E-state index in [0.717, 1.165) is 6.20 Å². The number of benzene rings is 2. The van der Waals surface area contributed by atoms with Crippen molar-refractivity contribution in [2.75, 3.05) is 31.6 Å². The highest BCUT2D eigenvalue weighted by Crippen LogP contribution is 2.31. The Bertz CT molecular complexity index is 1420. The van der Waals surface area contributed by atoms with E-state index in [0.29, 0.717) is 18.5 Å². The first-order chi connectivity index (χ1) is 21.0. The molecule has 1 aromatic heterocycles. The third-order valence-electron chi connectivity index (χ3n) is 6.95. The number of rotatable bonds is 11.